The van der Waals surface area contributed by atoms with Crippen molar-refractivity contribution in [3.63, 3.8) is 0 Å². The van der Waals surface area contributed by atoms with E-state index in [-0.39, 0.29) is 0 Å². The van der Waals surface area contributed by atoms with Crippen molar-refractivity contribution in [2.24, 2.45) is 0 Å². The Morgan fingerprint density at radius 1 is 0.840 bits per heavy atom. The number of hydrogen-bond acceptors (Lipinski definition) is 5. The van der Waals surface area contributed by atoms with Gasteiger partial charge in [-0.3, -0.25) is 19.6 Å². The zero-order chi connectivity index (χ0) is 17.6. The average Bonchev–Trinajstić information content (AvgIpc) is 2.65. The fourth-order valence-corrected chi connectivity index (χ4v) is 3.01. The normalized spacial score (nSPS) is 12.6. The number of pyridine rings is 2. The number of benzene rings is 1. The zero-order valence-electron chi connectivity index (χ0n) is 13.8. The van der Waals surface area contributed by atoms with Crippen LogP contribution in [0.15, 0.2) is 48.8 Å². The molecule has 0 radical (unpaired) electrons. The minimum atomic E-state index is -0.533. The smallest absolute Gasteiger partial charge is 0.235 e. The molecule has 1 aliphatic rings. The van der Waals surface area contributed by atoms with Crippen LogP contribution in [0.25, 0.3) is 22.5 Å². The van der Waals surface area contributed by atoms with E-state index in [1.807, 2.05) is 38.2 Å². The van der Waals surface area contributed by atoms with Gasteiger partial charge in [0.25, 0.3) is 0 Å². The van der Waals surface area contributed by atoms with E-state index in [1.165, 1.54) is 0 Å². The summed E-state index contributed by atoms with van der Waals surface area (Å²) in [5.74, 6) is -1.06. The Kier molecular flexibility index (Phi) is 3.42. The Morgan fingerprint density at radius 3 is 2.24 bits per heavy atom. The first-order chi connectivity index (χ1) is 12.1. The molecule has 0 fully saturated rings. The Morgan fingerprint density at radius 2 is 1.52 bits per heavy atom. The number of Topliss-reactive ketones (excluding diaryl/α,β-unsaturated/α-hetero) is 2. The molecule has 122 valence electrons. The monoisotopic (exact) mass is 329 g/mol. The SMILES string of the molecule is CNc1cccc(-c2cnc3c(c2)C(=O)C(=O)c2cc(C)cnc2-3)c1. The summed E-state index contributed by atoms with van der Waals surface area (Å²) in [6.45, 7) is 1.84. The molecule has 5 heteroatoms. The lowest BCUT2D eigenvalue weighted by Gasteiger charge is -2.17. The summed E-state index contributed by atoms with van der Waals surface area (Å²) in [6, 6.07) is 11.2. The molecule has 5 nitrogen and oxygen atoms in total. The van der Waals surface area contributed by atoms with Crippen LogP contribution in [0.3, 0.4) is 0 Å². The summed E-state index contributed by atoms with van der Waals surface area (Å²) in [7, 11) is 1.84. The molecule has 0 bridgehead atoms. The van der Waals surface area contributed by atoms with Crippen molar-refractivity contribution in [1.82, 2.24) is 9.97 Å². The van der Waals surface area contributed by atoms with Gasteiger partial charge in [0.1, 0.15) is 11.4 Å². The molecule has 0 atom stereocenters. The number of hydrogen-bond donors (Lipinski definition) is 1. The number of fused-ring (bicyclic) bond motifs is 3. The highest BCUT2D eigenvalue weighted by Gasteiger charge is 2.32. The highest BCUT2D eigenvalue weighted by Crippen LogP contribution is 2.33. The molecule has 1 N–H and O–H groups in total. The minimum absolute atomic E-state index is 0.307. The number of nitrogens with one attached hydrogen (secondary N) is 1. The molecule has 0 amide bonds. The number of anilines is 1. The predicted molar refractivity (Wildman–Crippen MR) is 95.8 cm³/mol. The molecular formula is C20H15N3O2. The van der Waals surface area contributed by atoms with Crippen molar-refractivity contribution in [2.45, 2.75) is 6.92 Å². The molecule has 0 saturated heterocycles. The molecule has 0 aliphatic heterocycles. The van der Waals surface area contributed by atoms with Crippen LogP contribution in [-0.2, 0) is 0 Å². The van der Waals surface area contributed by atoms with Crippen molar-refractivity contribution in [1.29, 1.82) is 0 Å². The van der Waals surface area contributed by atoms with E-state index in [9.17, 15) is 9.59 Å². The number of carbonyl (C=O) groups excluding carboxylic acids is 2. The Labute approximate surface area is 144 Å². The van der Waals surface area contributed by atoms with Crippen LogP contribution < -0.4 is 5.32 Å². The Balaban J connectivity index is 1.90. The van der Waals surface area contributed by atoms with Crippen LogP contribution in [0.4, 0.5) is 5.69 Å². The maximum atomic E-state index is 12.6. The van der Waals surface area contributed by atoms with E-state index in [2.05, 4.69) is 15.3 Å². The maximum Gasteiger partial charge on any atom is 0.235 e. The van der Waals surface area contributed by atoms with E-state index >= 15 is 0 Å². The van der Waals surface area contributed by atoms with Crippen LogP contribution >= 0.6 is 0 Å². The second kappa shape index (κ2) is 5.63. The van der Waals surface area contributed by atoms with Gasteiger partial charge in [0.15, 0.2) is 0 Å². The van der Waals surface area contributed by atoms with Gasteiger partial charge in [-0.15, -0.1) is 0 Å². The average molecular weight is 329 g/mol. The quantitative estimate of drug-likeness (QED) is 0.728. The van der Waals surface area contributed by atoms with Crippen molar-refractivity contribution < 1.29 is 9.59 Å². The molecule has 0 unspecified atom stereocenters. The zero-order valence-corrected chi connectivity index (χ0v) is 13.8. The Hall–Kier alpha value is -3.34. The summed E-state index contributed by atoms with van der Waals surface area (Å²) in [6.07, 6.45) is 3.39. The van der Waals surface area contributed by atoms with Gasteiger partial charge < -0.3 is 5.32 Å². The highest BCUT2D eigenvalue weighted by atomic mass is 16.2. The van der Waals surface area contributed by atoms with Crippen LogP contribution in [0.5, 0.6) is 0 Å². The van der Waals surface area contributed by atoms with E-state index < -0.39 is 11.6 Å². The van der Waals surface area contributed by atoms with Crippen molar-refractivity contribution in [3.05, 3.63) is 65.5 Å². The molecule has 1 aliphatic carbocycles. The van der Waals surface area contributed by atoms with Crippen LogP contribution in [0.1, 0.15) is 26.3 Å². The van der Waals surface area contributed by atoms with Crippen LogP contribution in [-0.4, -0.2) is 28.6 Å². The van der Waals surface area contributed by atoms with Gasteiger partial charge in [-0.2, -0.15) is 0 Å². The molecule has 3 aromatic rings. The summed E-state index contributed by atoms with van der Waals surface area (Å²) in [5.41, 5.74) is 5.08. The fraction of sp³-hybridized carbons (Fsp3) is 0.100. The number of aromatic nitrogens is 2. The number of carbonyl (C=O) groups is 2. The lowest BCUT2D eigenvalue weighted by molar-refractivity contribution is 0.0814. The molecule has 0 spiro atoms. The molecule has 0 saturated carbocycles. The lowest BCUT2D eigenvalue weighted by atomic mass is 9.88. The molecular weight excluding hydrogens is 314 g/mol. The first-order valence-corrected chi connectivity index (χ1v) is 7.93. The van der Waals surface area contributed by atoms with Crippen molar-refractivity contribution >= 4 is 17.3 Å². The van der Waals surface area contributed by atoms with Crippen molar-refractivity contribution in [2.75, 3.05) is 12.4 Å². The van der Waals surface area contributed by atoms with E-state index in [0.717, 1.165) is 22.4 Å². The second-order valence-corrected chi connectivity index (χ2v) is 6.02. The standard InChI is InChI=1S/C20H15N3O2/c1-11-6-15-17(22-9-11)18-16(20(25)19(15)24)8-13(10-23-18)12-4-3-5-14(7-12)21-2/h3-10,21H,1-2H3. The third-order valence-corrected chi connectivity index (χ3v) is 4.32. The third kappa shape index (κ3) is 2.41. The summed E-state index contributed by atoms with van der Waals surface area (Å²) >= 11 is 0. The van der Waals surface area contributed by atoms with Gasteiger partial charge in [-0.25, -0.2) is 0 Å². The van der Waals surface area contributed by atoms with Crippen LogP contribution in [0, 0.1) is 6.92 Å². The highest BCUT2D eigenvalue weighted by molar-refractivity contribution is 6.52. The lowest BCUT2D eigenvalue weighted by Crippen LogP contribution is -2.23. The first kappa shape index (κ1) is 15.2. The molecule has 4 rings (SSSR count). The fourth-order valence-electron chi connectivity index (χ4n) is 3.01. The van der Waals surface area contributed by atoms with E-state index in [1.54, 1.807) is 24.5 Å². The first-order valence-electron chi connectivity index (χ1n) is 7.93. The third-order valence-electron chi connectivity index (χ3n) is 4.32. The largest absolute Gasteiger partial charge is 0.388 e. The maximum absolute atomic E-state index is 12.6. The van der Waals surface area contributed by atoms with E-state index in [4.69, 9.17) is 0 Å². The second-order valence-electron chi connectivity index (χ2n) is 6.02. The number of nitrogens with zero attached hydrogens (tertiary/aromatic N) is 2. The van der Waals surface area contributed by atoms with Gasteiger partial charge in [-0.05, 0) is 42.3 Å². The molecule has 1 aromatic carbocycles. The predicted octanol–water partition coefficient (Wildman–Crippen LogP) is 3.54. The van der Waals surface area contributed by atoms with Gasteiger partial charge in [0.05, 0.1) is 11.1 Å². The summed E-state index contributed by atoms with van der Waals surface area (Å²) in [5, 5.41) is 3.08. The molecule has 25 heavy (non-hydrogen) atoms. The Bertz CT molecular complexity index is 1040. The topological polar surface area (TPSA) is 72.0 Å². The van der Waals surface area contributed by atoms with Gasteiger partial charge >= 0.3 is 0 Å². The van der Waals surface area contributed by atoms with Gasteiger partial charge in [-0.1, -0.05) is 12.1 Å². The number of ketones is 2. The molecule has 2 heterocycles. The van der Waals surface area contributed by atoms with Gasteiger partial charge in [0, 0.05) is 30.7 Å². The molecule has 2 aromatic heterocycles. The number of rotatable bonds is 2. The summed E-state index contributed by atoms with van der Waals surface area (Å²) in [4.78, 5) is 33.8. The number of aryl methyl sites for hydroxylation is 1. The van der Waals surface area contributed by atoms with Gasteiger partial charge in [0.2, 0.25) is 11.6 Å². The summed E-state index contributed by atoms with van der Waals surface area (Å²) < 4.78 is 0. The van der Waals surface area contributed by atoms with E-state index in [0.29, 0.717) is 22.5 Å². The van der Waals surface area contributed by atoms with Crippen molar-refractivity contribution in [3.8, 4) is 22.5 Å². The van der Waals surface area contributed by atoms with Crippen LogP contribution in [0.2, 0.25) is 0 Å². The minimum Gasteiger partial charge on any atom is -0.388 e.